The largest absolute Gasteiger partial charge is 0.458 e. The summed E-state index contributed by atoms with van der Waals surface area (Å²) in [4.78, 5) is 25.9. The van der Waals surface area contributed by atoms with Crippen LogP contribution in [0, 0.1) is 0 Å². The summed E-state index contributed by atoms with van der Waals surface area (Å²) < 4.78 is 5.08. The van der Waals surface area contributed by atoms with Gasteiger partial charge in [-0.1, -0.05) is 30.3 Å². The molecule has 2 atom stereocenters. The maximum Gasteiger partial charge on any atom is 0.335 e. The number of likely N-dealkylation sites (N-methyl/N-ethyl adjacent to an activating group) is 1. The molecule has 128 valence electrons. The van der Waals surface area contributed by atoms with Gasteiger partial charge >= 0.3 is 5.97 Å². The Morgan fingerprint density at radius 1 is 1.22 bits per heavy atom. The van der Waals surface area contributed by atoms with Gasteiger partial charge in [-0.05, 0) is 40.3 Å². The Hall–Kier alpha value is -1.72. The number of Topliss-reactive ketones (excluding diaryl/α,β-unsaturated/α-hetero) is 1. The van der Waals surface area contributed by atoms with E-state index in [0.29, 0.717) is 6.54 Å². The molecule has 0 spiro atoms. The van der Waals surface area contributed by atoms with Crippen molar-refractivity contribution in [1.82, 2.24) is 4.90 Å². The molecule has 0 radical (unpaired) electrons. The SMILES string of the molecule is C[C@@H](C(=O)CC(O)C(=O)OC(C)(C)C)N(C)Cc1ccccc1. The highest BCUT2D eigenvalue weighted by Gasteiger charge is 2.28. The number of hydrogen-bond donors (Lipinski definition) is 1. The third-order valence-corrected chi connectivity index (χ3v) is 3.48. The third-order valence-electron chi connectivity index (χ3n) is 3.48. The molecular formula is C18H27NO4. The minimum absolute atomic E-state index is 0.193. The number of aliphatic hydroxyl groups is 1. The van der Waals surface area contributed by atoms with Crippen molar-refractivity contribution in [2.75, 3.05) is 7.05 Å². The maximum absolute atomic E-state index is 12.2. The second-order valence-corrected chi connectivity index (χ2v) is 6.80. The summed E-state index contributed by atoms with van der Waals surface area (Å²) >= 11 is 0. The number of ketones is 1. The first-order valence-electron chi connectivity index (χ1n) is 7.78. The average molecular weight is 321 g/mol. The quantitative estimate of drug-likeness (QED) is 0.780. The van der Waals surface area contributed by atoms with E-state index in [9.17, 15) is 14.7 Å². The fraction of sp³-hybridized carbons (Fsp3) is 0.556. The van der Waals surface area contributed by atoms with Crippen molar-refractivity contribution in [2.45, 2.75) is 58.4 Å². The van der Waals surface area contributed by atoms with Crippen LogP contribution in [0.4, 0.5) is 0 Å². The Kier molecular flexibility index (Phi) is 6.91. The lowest BCUT2D eigenvalue weighted by molar-refractivity contribution is -0.166. The summed E-state index contributed by atoms with van der Waals surface area (Å²) in [5, 5.41) is 9.86. The molecule has 1 unspecified atom stereocenters. The summed E-state index contributed by atoms with van der Waals surface area (Å²) in [6, 6.07) is 9.42. The molecule has 0 aromatic heterocycles. The van der Waals surface area contributed by atoms with Gasteiger partial charge in [0.15, 0.2) is 11.9 Å². The van der Waals surface area contributed by atoms with Gasteiger partial charge < -0.3 is 9.84 Å². The number of nitrogens with zero attached hydrogens (tertiary/aromatic N) is 1. The normalized spacial score (nSPS) is 14.4. The maximum atomic E-state index is 12.2. The van der Waals surface area contributed by atoms with E-state index in [-0.39, 0.29) is 12.2 Å². The highest BCUT2D eigenvalue weighted by molar-refractivity contribution is 5.88. The molecule has 5 heteroatoms. The molecule has 0 aliphatic rings. The highest BCUT2D eigenvalue weighted by Crippen LogP contribution is 2.12. The van der Waals surface area contributed by atoms with Crippen molar-refractivity contribution in [3.8, 4) is 0 Å². The standard InChI is InChI=1S/C18H27NO4/c1-13(19(5)12-14-9-7-6-8-10-14)15(20)11-16(21)17(22)23-18(2,3)4/h6-10,13,16,21H,11-12H2,1-5H3/t13-,16?/m0/s1. The summed E-state index contributed by atoms with van der Waals surface area (Å²) in [5.74, 6) is -0.953. The fourth-order valence-electron chi connectivity index (χ4n) is 2.07. The predicted molar refractivity (Wildman–Crippen MR) is 88.8 cm³/mol. The van der Waals surface area contributed by atoms with E-state index in [4.69, 9.17) is 4.74 Å². The van der Waals surface area contributed by atoms with Gasteiger partial charge in [0.25, 0.3) is 0 Å². The van der Waals surface area contributed by atoms with E-state index in [2.05, 4.69) is 0 Å². The zero-order valence-corrected chi connectivity index (χ0v) is 14.6. The minimum atomic E-state index is -1.42. The number of hydrogen-bond acceptors (Lipinski definition) is 5. The van der Waals surface area contributed by atoms with Gasteiger partial charge in [-0.3, -0.25) is 9.69 Å². The van der Waals surface area contributed by atoms with Crippen LogP contribution in [-0.4, -0.2) is 46.6 Å². The first-order chi connectivity index (χ1) is 10.6. The van der Waals surface area contributed by atoms with Crippen molar-refractivity contribution >= 4 is 11.8 Å². The zero-order valence-electron chi connectivity index (χ0n) is 14.6. The van der Waals surface area contributed by atoms with Crippen LogP contribution in [0.25, 0.3) is 0 Å². The number of carbonyl (C=O) groups is 2. The van der Waals surface area contributed by atoms with Crippen molar-refractivity contribution in [3.63, 3.8) is 0 Å². The summed E-state index contributed by atoms with van der Waals surface area (Å²) in [7, 11) is 1.84. The Labute approximate surface area is 138 Å². The van der Waals surface area contributed by atoms with Gasteiger partial charge in [-0.15, -0.1) is 0 Å². The van der Waals surface area contributed by atoms with Crippen molar-refractivity contribution in [3.05, 3.63) is 35.9 Å². The molecule has 1 rings (SSSR count). The molecule has 0 saturated heterocycles. The van der Waals surface area contributed by atoms with Crippen LogP contribution in [0.3, 0.4) is 0 Å². The number of carbonyl (C=O) groups excluding carboxylic acids is 2. The van der Waals surface area contributed by atoms with Crippen LogP contribution in [0.2, 0.25) is 0 Å². The zero-order chi connectivity index (χ0) is 17.6. The lowest BCUT2D eigenvalue weighted by Crippen LogP contribution is -2.39. The van der Waals surface area contributed by atoms with Crippen LogP contribution in [0.15, 0.2) is 30.3 Å². The van der Waals surface area contributed by atoms with Crippen molar-refractivity contribution in [2.24, 2.45) is 0 Å². The number of ether oxygens (including phenoxy) is 1. The summed E-state index contributed by atoms with van der Waals surface area (Å²) in [6.07, 6.45) is -1.66. The molecule has 23 heavy (non-hydrogen) atoms. The number of esters is 1. The van der Waals surface area contributed by atoms with Crippen LogP contribution in [-0.2, 0) is 20.9 Å². The van der Waals surface area contributed by atoms with Gasteiger partial charge in [-0.2, -0.15) is 0 Å². The average Bonchev–Trinajstić information content (AvgIpc) is 2.45. The topological polar surface area (TPSA) is 66.8 Å². The molecule has 0 amide bonds. The Morgan fingerprint density at radius 3 is 2.30 bits per heavy atom. The van der Waals surface area contributed by atoms with Gasteiger partial charge in [0.05, 0.1) is 6.04 Å². The molecular weight excluding hydrogens is 294 g/mol. The summed E-state index contributed by atoms with van der Waals surface area (Å²) in [6.45, 7) is 7.55. The first kappa shape index (κ1) is 19.3. The molecule has 0 fully saturated rings. The van der Waals surface area contributed by atoms with E-state index in [1.54, 1.807) is 27.7 Å². The monoisotopic (exact) mass is 321 g/mol. The summed E-state index contributed by atoms with van der Waals surface area (Å²) in [5.41, 5.74) is 0.416. The van der Waals surface area contributed by atoms with E-state index in [0.717, 1.165) is 5.56 Å². The van der Waals surface area contributed by atoms with Crippen LogP contribution >= 0.6 is 0 Å². The van der Waals surface area contributed by atoms with Crippen LogP contribution in [0.1, 0.15) is 39.7 Å². The van der Waals surface area contributed by atoms with Gasteiger partial charge in [-0.25, -0.2) is 4.79 Å². The van der Waals surface area contributed by atoms with Gasteiger partial charge in [0.1, 0.15) is 5.60 Å². The molecule has 5 nitrogen and oxygen atoms in total. The molecule has 1 aromatic carbocycles. The second kappa shape index (κ2) is 8.22. The number of rotatable bonds is 7. The highest BCUT2D eigenvalue weighted by atomic mass is 16.6. The van der Waals surface area contributed by atoms with E-state index >= 15 is 0 Å². The second-order valence-electron chi connectivity index (χ2n) is 6.80. The first-order valence-corrected chi connectivity index (χ1v) is 7.78. The van der Waals surface area contributed by atoms with E-state index < -0.39 is 23.7 Å². The smallest absolute Gasteiger partial charge is 0.335 e. The van der Waals surface area contributed by atoms with Crippen molar-refractivity contribution in [1.29, 1.82) is 0 Å². The van der Waals surface area contributed by atoms with Gasteiger partial charge in [0, 0.05) is 13.0 Å². The molecule has 0 heterocycles. The molecule has 0 aliphatic carbocycles. The molecule has 1 aromatic rings. The number of aliphatic hydroxyl groups excluding tert-OH is 1. The van der Waals surface area contributed by atoms with Crippen molar-refractivity contribution < 1.29 is 19.4 Å². The van der Waals surface area contributed by atoms with E-state index in [1.807, 2.05) is 42.3 Å². The predicted octanol–water partition coefficient (Wildman–Crippen LogP) is 2.17. The molecule has 0 saturated carbocycles. The molecule has 1 N–H and O–H groups in total. The van der Waals surface area contributed by atoms with Crippen LogP contribution < -0.4 is 0 Å². The molecule has 0 bridgehead atoms. The van der Waals surface area contributed by atoms with Crippen LogP contribution in [0.5, 0.6) is 0 Å². The third kappa shape index (κ3) is 6.93. The number of benzene rings is 1. The Balaban J connectivity index is 2.54. The Morgan fingerprint density at radius 2 is 1.78 bits per heavy atom. The lowest BCUT2D eigenvalue weighted by Gasteiger charge is -2.25. The Bertz CT molecular complexity index is 522. The molecule has 0 aliphatic heterocycles. The van der Waals surface area contributed by atoms with E-state index in [1.165, 1.54) is 0 Å². The lowest BCUT2D eigenvalue weighted by atomic mass is 10.1. The fourth-order valence-corrected chi connectivity index (χ4v) is 2.07. The minimum Gasteiger partial charge on any atom is -0.458 e. The van der Waals surface area contributed by atoms with Gasteiger partial charge in [0.2, 0.25) is 0 Å².